The van der Waals surface area contributed by atoms with Gasteiger partial charge in [0.2, 0.25) is 0 Å². The van der Waals surface area contributed by atoms with Crippen molar-refractivity contribution in [2.45, 2.75) is 5.41 Å². The van der Waals surface area contributed by atoms with Gasteiger partial charge in [0.05, 0.1) is 17.9 Å². The standard InChI is InChI=1S/C27H24O6S2/c1-34(28,29)32-25-17-13-23(14-18-25)27(21-9-5-3-6-10-21,22-11-7-4-8-12-22)24-15-19-26(20-16-24)33-35(2,30)31/h3-20H,1-2H3. The van der Waals surface area contributed by atoms with Crippen molar-refractivity contribution >= 4 is 20.2 Å². The van der Waals surface area contributed by atoms with Crippen molar-refractivity contribution in [1.29, 1.82) is 0 Å². The zero-order chi connectivity index (χ0) is 25.1. The molecule has 0 atom stereocenters. The first-order valence-corrected chi connectivity index (χ1v) is 14.3. The van der Waals surface area contributed by atoms with Crippen LogP contribution in [0.5, 0.6) is 11.5 Å². The molecule has 0 heterocycles. The van der Waals surface area contributed by atoms with Crippen LogP contribution in [0.25, 0.3) is 0 Å². The van der Waals surface area contributed by atoms with Crippen LogP contribution in [-0.4, -0.2) is 29.3 Å². The number of benzene rings is 4. The minimum atomic E-state index is -3.66. The first kappa shape index (κ1) is 24.5. The second-order valence-electron chi connectivity index (χ2n) is 8.11. The predicted octanol–water partition coefficient (Wildman–Crippen LogP) is 4.75. The lowest BCUT2D eigenvalue weighted by molar-refractivity contribution is 0.491. The van der Waals surface area contributed by atoms with Crippen molar-refractivity contribution in [2.24, 2.45) is 0 Å². The van der Waals surface area contributed by atoms with Gasteiger partial charge >= 0.3 is 20.2 Å². The van der Waals surface area contributed by atoms with E-state index in [2.05, 4.69) is 0 Å². The van der Waals surface area contributed by atoms with E-state index in [-0.39, 0.29) is 11.5 Å². The van der Waals surface area contributed by atoms with Crippen LogP contribution in [0.1, 0.15) is 22.3 Å². The lowest BCUT2D eigenvalue weighted by atomic mass is 9.65. The predicted molar refractivity (Wildman–Crippen MR) is 136 cm³/mol. The first-order valence-electron chi connectivity index (χ1n) is 10.7. The molecule has 0 N–H and O–H groups in total. The van der Waals surface area contributed by atoms with Gasteiger partial charge in [-0.25, -0.2) is 0 Å². The zero-order valence-electron chi connectivity index (χ0n) is 19.2. The molecule has 0 radical (unpaired) electrons. The number of rotatable bonds is 8. The molecule has 4 aromatic carbocycles. The molecule has 4 rings (SSSR count). The van der Waals surface area contributed by atoms with Crippen molar-refractivity contribution in [3.8, 4) is 11.5 Å². The van der Waals surface area contributed by atoms with E-state index in [1.165, 1.54) is 0 Å². The van der Waals surface area contributed by atoms with Crippen LogP contribution < -0.4 is 8.37 Å². The molecule has 0 aromatic heterocycles. The fourth-order valence-electron chi connectivity index (χ4n) is 4.25. The van der Waals surface area contributed by atoms with Crippen molar-refractivity contribution < 1.29 is 25.2 Å². The van der Waals surface area contributed by atoms with Crippen molar-refractivity contribution in [3.63, 3.8) is 0 Å². The summed E-state index contributed by atoms with van der Waals surface area (Å²) in [6, 6.07) is 33.6. The van der Waals surface area contributed by atoms with Crippen LogP contribution in [0.2, 0.25) is 0 Å². The topological polar surface area (TPSA) is 86.7 Å². The Kier molecular flexibility index (Phi) is 6.69. The monoisotopic (exact) mass is 508 g/mol. The highest BCUT2D eigenvalue weighted by atomic mass is 32.2. The van der Waals surface area contributed by atoms with E-state index >= 15 is 0 Å². The molecule has 0 aliphatic carbocycles. The van der Waals surface area contributed by atoms with E-state index in [0.29, 0.717) is 0 Å². The SMILES string of the molecule is CS(=O)(=O)Oc1ccc(C(c2ccccc2)(c2ccccc2)c2ccc(OS(C)(=O)=O)cc2)cc1. The lowest BCUT2D eigenvalue weighted by Gasteiger charge is -2.37. The fourth-order valence-corrected chi connectivity index (χ4v) is 5.17. The van der Waals surface area contributed by atoms with E-state index in [1.807, 2.05) is 84.9 Å². The average molecular weight is 509 g/mol. The highest BCUT2D eigenvalue weighted by Gasteiger charge is 2.38. The third kappa shape index (κ3) is 5.55. The molecular weight excluding hydrogens is 484 g/mol. The second kappa shape index (κ2) is 9.56. The normalized spacial score (nSPS) is 12.2. The van der Waals surface area contributed by atoms with E-state index in [4.69, 9.17) is 8.37 Å². The van der Waals surface area contributed by atoms with Crippen LogP contribution in [0, 0.1) is 0 Å². The third-order valence-electron chi connectivity index (χ3n) is 5.48. The van der Waals surface area contributed by atoms with Gasteiger partial charge < -0.3 is 8.37 Å². The van der Waals surface area contributed by atoms with Gasteiger partial charge in [0, 0.05) is 0 Å². The van der Waals surface area contributed by atoms with Gasteiger partial charge in [0.25, 0.3) is 0 Å². The summed E-state index contributed by atoms with van der Waals surface area (Å²) >= 11 is 0. The van der Waals surface area contributed by atoms with E-state index in [0.717, 1.165) is 34.8 Å². The molecule has 6 nitrogen and oxygen atoms in total. The van der Waals surface area contributed by atoms with Crippen LogP contribution >= 0.6 is 0 Å². The Labute approximate surface area is 206 Å². The molecule has 4 aromatic rings. The average Bonchev–Trinajstić information content (AvgIpc) is 2.81. The Bertz CT molecular complexity index is 1380. The molecule has 0 saturated carbocycles. The van der Waals surface area contributed by atoms with Crippen molar-refractivity contribution in [2.75, 3.05) is 12.5 Å². The van der Waals surface area contributed by atoms with Gasteiger partial charge in [-0.1, -0.05) is 84.9 Å². The van der Waals surface area contributed by atoms with Gasteiger partial charge in [-0.05, 0) is 46.5 Å². The van der Waals surface area contributed by atoms with Crippen LogP contribution in [-0.2, 0) is 25.7 Å². The molecule has 0 unspecified atom stereocenters. The summed E-state index contributed by atoms with van der Waals surface area (Å²) in [7, 11) is -7.33. The maximum absolute atomic E-state index is 11.6. The smallest absolute Gasteiger partial charge is 0.306 e. The maximum Gasteiger partial charge on any atom is 0.306 e. The fraction of sp³-hybridized carbons (Fsp3) is 0.111. The minimum absolute atomic E-state index is 0.211. The summed E-state index contributed by atoms with van der Waals surface area (Å²) < 4.78 is 56.5. The zero-order valence-corrected chi connectivity index (χ0v) is 20.8. The molecule has 0 saturated heterocycles. The summed E-state index contributed by atoms with van der Waals surface area (Å²) in [6.07, 6.45) is 2.00. The quantitative estimate of drug-likeness (QED) is 0.252. The van der Waals surface area contributed by atoms with Crippen molar-refractivity contribution in [3.05, 3.63) is 131 Å². The maximum atomic E-state index is 11.6. The Balaban J connectivity index is 1.97. The van der Waals surface area contributed by atoms with Crippen LogP contribution in [0.15, 0.2) is 109 Å². The summed E-state index contributed by atoms with van der Waals surface area (Å²) in [5.74, 6) is 0.423. The Morgan fingerprint density at radius 1 is 0.457 bits per heavy atom. The second-order valence-corrected chi connectivity index (χ2v) is 11.3. The molecular formula is C27H24O6S2. The van der Waals surface area contributed by atoms with Gasteiger partial charge in [-0.2, -0.15) is 16.8 Å². The third-order valence-corrected chi connectivity index (χ3v) is 6.47. The summed E-state index contributed by atoms with van der Waals surface area (Å²) in [6.45, 7) is 0. The lowest BCUT2D eigenvalue weighted by Crippen LogP contribution is -2.31. The molecule has 8 heteroatoms. The molecule has 0 aliphatic heterocycles. The highest BCUT2D eigenvalue weighted by molar-refractivity contribution is 7.86. The Hall–Kier alpha value is -3.62. The Morgan fingerprint density at radius 2 is 0.743 bits per heavy atom. The molecule has 0 aliphatic rings. The van der Waals surface area contributed by atoms with Crippen LogP contribution in [0.3, 0.4) is 0 Å². The van der Waals surface area contributed by atoms with Gasteiger partial charge in [0.15, 0.2) is 0 Å². The molecule has 0 fully saturated rings. The van der Waals surface area contributed by atoms with E-state index in [9.17, 15) is 16.8 Å². The summed E-state index contributed by atoms with van der Waals surface area (Å²) in [5, 5.41) is 0. The molecule has 0 amide bonds. The summed E-state index contributed by atoms with van der Waals surface area (Å²) in [5.41, 5.74) is 2.88. The summed E-state index contributed by atoms with van der Waals surface area (Å²) in [4.78, 5) is 0. The largest absolute Gasteiger partial charge is 0.383 e. The molecule has 0 bridgehead atoms. The molecule has 180 valence electrons. The minimum Gasteiger partial charge on any atom is -0.383 e. The Morgan fingerprint density at radius 3 is 1.03 bits per heavy atom. The first-order chi connectivity index (χ1) is 16.6. The van der Waals surface area contributed by atoms with Gasteiger partial charge in [-0.3, -0.25) is 0 Å². The number of hydrogen-bond acceptors (Lipinski definition) is 6. The highest BCUT2D eigenvalue weighted by Crippen LogP contribution is 2.45. The van der Waals surface area contributed by atoms with Gasteiger partial charge in [-0.15, -0.1) is 0 Å². The van der Waals surface area contributed by atoms with Crippen molar-refractivity contribution in [1.82, 2.24) is 0 Å². The van der Waals surface area contributed by atoms with Gasteiger partial charge in [0.1, 0.15) is 11.5 Å². The van der Waals surface area contributed by atoms with E-state index in [1.54, 1.807) is 24.3 Å². The number of hydrogen-bond donors (Lipinski definition) is 0. The molecule has 35 heavy (non-hydrogen) atoms. The van der Waals surface area contributed by atoms with E-state index < -0.39 is 25.7 Å². The van der Waals surface area contributed by atoms with Crippen LogP contribution in [0.4, 0.5) is 0 Å². The molecule has 0 spiro atoms.